The summed E-state index contributed by atoms with van der Waals surface area (Å²) in [6.45, 7) is 3.73. The van der Waals surface area contributed by atoms with Crippen LogP contribution in [-0.2, 0) is 14.4 Å². The summed E-state index contributed by atoms with van der Waals surface area (Å²) >= 11 is 10.6. The lowest BCUT2D eigenvalue weighted by atomic mass is 9.97. The highest BCUT2D eigenvalue weighted by molar-refractivity contribution is 7.80. The van der Waals surface area contributed by atoms with Crippen LogP contribution in [0.2, 0.25) is 0 Å². The first-order chi connectivity index (χ1) is 9.95. The molecule has 0 saturated heterocycles. The molecule has 0 radical (unpaired) electrons. The number of carbonyl (C=O) groups is 1. The van der Waals surface area contributed by atoms with Gasteiger partial charge in [-0.3, -0.25) is 0 Å². The Morgan fingerprint density at radius 2 is 1.57 bits per heavy atom. The van der Waals surface area contributed by atoms with Gasteiger partial charge in [0, 0.05) is 4.90 Å². The summed E-state index contributed by atoms with van der Waals surface area (Å²) in [5.74, 6) is -0.432. The Morgan fingerprint density at radius 1 is 1.10 bits per heavy atom. The van der Waals surface area contributed by atoms with Crippen molar-refractivity contribution in [2.45, 2.75) is 23.6 Å². The monoisotopic (exact) mass is 320 g/mol. The van der Waals surface area contributed by atoms with Gasteiger partial charge in [-0.25, -0.2) is 4.79 Å². The molecular formula is C17H17ClO2S. The van der Waals surface area contributed by atoms with Gasteiger partial charge in [0.2, 0.25) is 0 Å². The number of thiol groups is 1. The van der Waals surface area contributed by atoms with Gasteiger partial charge in [-0.15, -0.1) is 24.2 Å². The molecule has 1 unspecified atom stereocenters. The third kappa shape index (κ3) is 3.60. The summed E-state index contributed by atoms with van der Waals surface area (Å²) in [6.07, 6.45) is 0. The summed E-state index contributed by atoms with van der Waals surface area (Å²) in [4.78, 5) is 11.7. The van der Waals surface area contributed by atoms with Gasteiger partial charge in [0.05, 0.1) is 6.61 Å². The molecule has 0 aliphatic heterocycles. The van der Waals surface area contributed by atoms with E-state index in [1.807, 2.05) is 48.5 Å². The molecule has 2 aromatic carbocycles. The van der Waals surface area contributed by atoms with Crippen molar-refractivity contribution in [1.29, 1.82) is 0 Å². The van der Waals surface area contributed by atoms with Gasteiger partial charge in [0.1, 0.15) is 0 Å². The minimum atomic E-state index is -1.16. The second-order valence-electron chi connectivity index (χ2n) is 4.85. The molecule has 0 saturated carbocycles. The number of hydrogen-bond acceptors (Lipinski definition) is 3. The van der Waals surface area contributed by atoms with Gasteiger partial charge in [0.25, 0.3) is 0 Å². The van der Waals surface area contributed by atoms with Crippen molar-refractivity contribution in [3.8, 4) is 11.1 Å². The molecule has 0 heterocycles. The Bertz CT molecular complexity index is 618. The number of esters is 1. The highest BCUT2D eigenvalue weighted by atomic mass is 35.5. The van der Waals surface area contributed by atoms with E-state index in [0.717, 1.165) is 21.6 Å². The van der Waals surface area contributed by atoms with Crippen molar-refractivity contribution >= 4 is 30.2 Å². The van der Waals surface area contributed by atoms with E-state index >= 15 is 0 Å². The minimum absolute atomic E-state index is 0.315. The number of carbonyl (C=O) groups excluding carboxylic acids is 1. The van der Waals surface area contributed by atoms with Crippen molar-refractivity contribution in [2.24, 2.45) is 0 Å². The van der Waals surface area contributed by atoms with Crippen LogP contribution in [0, 0.1) is 0 Å². The summed E-state index contributed by atoms with van der Waals surface area (Å²) in [7, 11) is 0. The lowest BCUT2D eigenvalue weighted by molar-refractivity contribution is -0.146. The summed E-state index contributed by atoms with van der Waals surface area (Å²) in [5.41, 5.74) is 2.87. The van der Waals surface area contributed by atoms with Crippen LogP contribution in [0.15, 0.2) is 53.4 Å². The third-order valence-corrected chi connectivity index (χ3v) is 3.96. The molecule has 2 rings (SSSR count). The Morgan fingerprint density at radius 3 is 2.05 bits per heavy atom. The van der Waals surface area contributed by atoms with Crippen molar-refractivity contribution in [3.63, 3.8) is 0 Å². The zero-order chi connectivity index (χ0) is 15.5. The van der Waals surface area contributed by atoms with E-state index < -0.39 is 10.8 Å². The van der Waals surface area contributed by atoms with Crippen LogP contribution < -0.4 is 0 Å². The molecule has 0 bridgehead atoms. The average Bonchev–Trinajstić information content (AvgIpc) is 2.48. The van der Waals surface area contributed by atoms with Crippen LogP contribution in [-0.4, -0.2) is 12.6 Å². The fourth-order valence-corrected chi connectivity index (χ4v) is 2.34. The highest BCUT2D eigenvalue weighted by Gasteiger charge is 2.34. The SMILES string of the molecule is CCOC(=O)C(C)(Cl)c1ccc(-c2ccc(S)cc2)cc1. The second-order valence-corrected chi connectivity index (χ2v) is 6.12. The first-order valence-electron chi connectivity index (χ1n) is 6.71. The van der Waals surface area contributed by atoms with Gasteiger partial charge in [-0.1, -0.05) is 36.4 Å². The number of ether oxygens (including phenoxy) is 1. The molecule has 1 atom stereocenters. The Hall–Kier alpha value is -1.45. The molecule has 0 amide bonds. The Kier molecular flexibility index (Phi) is 4.96. The lowest BCUT2D eigenvalue weighted by Gasteiger charge is -2.20. The number of hydrogen-bond donors (Lipinski definition) is 1. The Labute approximate surface area is 135 Å². The maximum absolute atomic E-state index is 11.9. The first-order valence-corrected chi connectivity index (χ1v) is 7.53. The van der Waals surface area contributed by atoms with E-state index in [0.29, 0.717) is 6.61 Å². The molecule has 4 heteroatoms. The number of halogens is 1. The Balaban J connectivity index is 2.26. The fourth-order valence-electron chi connectivity index (χ4n) is 2.01. The summed E-state index contributed by atoms with van der Waals surface area (Å²) in [6, 6.07) is 15.5. The van der Waals surface area contributed by atoms with E-state index in [4.69, 9.17) is 16.3 Å². The second kappa shape index (κ2) is 6.54. The standard InChI is InChI=1S/C17H17ClO2S/c1-3-20-16(19)17(2,18)14-8-4-12(5-9-14)13-6-10-15(21)11-7-13/h4-11,21H,3H2,1-2H3. The van der Waals surface area contributed by atoms with Crippen LogP contribution in [0.4, 0.5) is 0 Å². The zero-order valence-electron chi connectivity index (χ0n) is 12.0. The molecular weight excluding hydrogens is 304 g/mol. The number of alkyl halides is 1. The van der Waals surface area contributed by atoms with Crippen LogP contribution in [0.25, 0.3) is 11.1 Å². The van der Waals surface area contributed by atoms with Crippen LogP contribution in [0.3, 0.4) is 0 Å². The lowest BCUT2D eigenvalue weighted by Crippen LogP contribution is -2.28. The van der Waals surface area contributed by atoms with Gasteiger partial charge in [-0.2, -0.15) is 0 Å². The van der Waals surface area contributed by atoms with Gasteiger partial charge >= 0.3 is 5.97 Å². The normalized spacial score (nSPS) is 13.5. The molecule has 0 fully saturated rings. The maximum Gasteiger partial charge on any atom is 0.331 e. The van der Waals surface area contributed by atoms with Gasteiger partial charge in [-0.05, 0) is 42.7 Å². The molecule has 110 valence electrons. The minimum Gasteiger partial charge on any atom is -0.464 e. The average molecular weight is 321 g/mol. The van der Waals surface area contributed by atoms with E-state index in [2.05, 4.69) is 12.6 Å². The van der Waals surface area contributed by atoms with E-state index in [1.165, 1.54) is 0 Å². The number of benzene rings is 2. The molecule has 2 aromatic rings. The van der Waals surface area contributed by atoms with Crippen molar-refractivity contribution in [2.75, 3.05) is 6.61 Å². The number of rotatable bonds is 4. The van der Waals surface area contributed by atoms with Crippen LogP contribution >= 0.6 is 24.2 Å². The molecule has 0 N–H and O–H groups in total. The smallest absolute Gasteiger partial charge is 0.331 e. The predicted molar refractivity (Wildman–Crippen MR) is 89.0 cm³/mol. The van der Waals surface area contributed by atoms with Crippen molar-refractivity contribution in [1.82, 2.24) is 0 Å². The summed E-state index contributed by atoms with van der Waals surface area (Å²) < 4.78 is 5.01. The van der Waals surface area contributed by atoms with Gasteiger partial charge < -0.3 is 4.74 Å². The zero-order valence-corrected chi connectivity index (χ0v) is 13.6. The largest absolute Gasteiger partial charge is 0.464 e. The molecule has 21 heavy (non-hydrogen) atoms. The van der Waals surface area contributed by atoms with E-state index in [1.54, 1.807) is 13.8 Å². The highest BCUT2D eigenvalue weighted by Crippen LogP contribution is 2.32. The molecule has 2 nitrogen and oxygen atoms in total. The molecule has 0 aromatic heterocycles. The van der Waals surface area contributed by atoms with Crippen molar-refractivity contribution in [3.05, 3.63) is 54.1 Å². The van der Waals surface area contributed by atoms with E-state index in [-0.39, 0.29) is 0 Å². The predicted octanol–water partition coefficient (Wildman–Crippen LogP) is 4.66. The topological polar surface area (TPSA) is 26.3 Å². The van der Waals surface area contributed by atoms with Crippen LogP contribution in [0.5, 0.6) is 0 Å². The van der Waals surface area contributed by atoms with Gasteiger partial charge in [0.15, 0.2) is 4.87 Å². The molecule has 0 spiro atoms. The maximum atomic E-state index is 11.9. The fraction of sp³-hybridized carbons (Fsp3) is 0.235. The molecule has 0 aliphatic rings. The third-order valence-electron chi connectivity index (χ3n) is 3.29. The molecule has 0 aliphatic carbocycles. The first kappa shape index (κ1) is 15.9. The quantitative estimate of drug-likeness (QED) is 0.504. The van der Waals surface area contributed by atoms with Crippen LogP contribution in [0.1, 0.15) is 19.4 Å². The van der Waals surface area contributed by atoms with E-state index in [9.17, 15) is 4.79 Å². The summed E-state index contributed by atoms with van der Waals surface area (Å²) in [5, 5.41) is 0. The van der Waals surface area contributed by atoms with Crippen molar-refractivity contribution < 1.29 is 9.53 Å².